The Morgan fingerprint density at radius 2 is 2.24 bits per heavy atom. The Morgan fingerprint density at radius 3 is 2.94 bits per heavy atom. The molecule has 1 atom stereocenters. The minimum atomic E-state index is -0.460. The molecule has 1 aromatic carbocycles. The molecule has 0 aliphatic heterocycles. The van der Waals surface area contributed by atoms with Gasteiger partial charge in [0, 0.05) is 0 Å². The number of aromatic nitrogens is 1. The topological polar surface area (TPSA) is 55.1 Å². The van der Waals surface area contributed by atoms with Crippen molar-refractivity contribution in [3.05, 3.63) is 29.1 Å². The summed E-state index contributed by atoms with van der Waals surface area (Å²) in [6.45, 7) is 3.90. The monoisotopic (exact) mass is 250 g/mol. The first-order valence-corrected chi connectivity index (χ1v) is 6.28. The molecule has 0 fully saturated rings. The molecule has 1 aromatic heterocycles. The molecule has 0 saturated heterocycles. The number of para-hydroxylation sites is 1. The van der Waals surface area contributed by atoms with Gasteiger partial charge >= 0.3 is 5.97 Å². The van der Waals surface area contributed by atoms with Gasteiger partial charge in [-0.1, -0.05) is 23.5 Å². The Bertz CT molecular complexity index is 600. The van der Waals surface area contributed by atoms with Crippen LogP contribution in [-0.4, -0.2) is 17.1 Å². The maximum atomic E-state index is 11.7. The van der Waals surface area contributed by atoms with Crippen molar-refractivity contribution in [2.24, 2.45) is 0 Å². The highest BCUT2D eigenvalue weighted by molar-refractivity contribution is 7.16. The van der Waals surface area contributed by atoms with Crippen molar-refractivity contribution in [2.45, 2.75) is 19.9 Å². The smallest absolute Gasteiger partial charge is 0.328 e. The van der Waals surface area contributed by atoms with Gasteiger partial charge in [0.1, 0.15) is 6.04 Å². The molecular formula is C12H14N2O2S. The minimum Gasteiger partial charge on any atom is -0.464 e. The molecule has 0 amide bonds. The molecule has 4 nitrogen and oxygen atoms in total. The number of ether oxygens (including phenoxy) is 1. The van der Waals surface area contributed by atoms with Crippen LogP contribution in [0.2, 0.25) is 0 Å². The normalized spacial score (nSPS) is 12.6. The summed E-state index contributed by atoms with van der Waals surface area (Å²) in [6, 6.07) is 7.24. The zero-order valence-electron chi connectivity index (χ0n) is 9.77. The second-order valence-corrected chi connectivity index (χ2v) is 4.70. The number of hydrogen-bond acceptors (Lipinski definition) is 4. The fourth-order valence-corrected chi connectivity index (χ4v) is 2.74. The Hall–Kier alpha value is -1.62. The van der Waals surface area contributed by atoms with Crippen LogP contribution in [0.1, 0.15) is 19.9 Å². The number of benzene rings is 1. The van der Waals surface area contributed by atoms with Gasteiger partial charge in [-0.05, 0) is 26.0 Å². The molecule has 0 radical (unpaired) electrons. The molecule has 0 aliphatic rings. The molecule has 0 saturated carbocycles. The maximum absolute atomic E-state index is 11.7. The third-order valence-electron chi connectivity index (χ3n) is 2.57. The van der Waals surface area contributed by atoms with Gasteiger partial charge in [0.25, 0.3) is 0 Å². The van der Waals surface area contributed by atoms with Crippen LogP contribution in [0, 0.1) is 5.41 Å². The van der Waals surface area contributed by atoms with E-state index >= 15 is 0 Å². The van der Waals surface area contributed by atoms with Crippen molar-refractivity contribution >= 4 is 27.5 Å². The Labute approximate surface area is 103 Å². The van der Waals surface area contributed by atoms with Crippen LogP contribution in [0.25, 0.3) is 10.2 Å². The van der Waals surface area contributed by atoms with E-state index in [-0.39, 0.29) is 5.97 Å². The van der Waals surface area contributed by atoms with E-state index in [1.54, 1.807) is 18.4 Å². The number of nitrogens with zero attached hydrogens (tertiary/aromatic N) is 1. The van der Waals surface area contributed by atoms with Gasteiger partial charge in [0.05, 0.1) is 16.8 Å². The van der Waals surface area contributed by atoms with Crippen LogP contribution in [-0.2, 0) is 9.53 Å². The fourth-order valence-electron chi connectivity index (χ4n) is 1.76. The summed E-state index contributed by atoms with van der Waals surface area (Å²) < 4.78 is 7.71. The van der Waals surface area contributed by atoms with E-state index in [9.17, 15) is 4.79 Å². The van der Waals surface area contributed by atoms with Crippen molar-refractivity contribution in [3.63, 3.8) is 0 Å². The van der Waals surface area contributed by atoms with Gasteiger partial charge in [0.2, 0.25) is 0 Å². The number of hydrogen-bond donors (Lipinski definition) is 1. The van der Waals surface area contributed by atoms with E-state index < -0.39 is 6.04 Å². The number of esters is 1. The molecule has 1 N–H and O–H groups in total. The predicted octanol–water partition coefficient (Wildman–Crippen LogP) is 2.31. The summed E-state index contributed by atoms with van der Waals surface area (Å²) in [5, 5.41) is 7.93. The van der Waals surface area contributed by atoms with Crippen LogP contribution in [0.3, 0.4) is 0 Å². The Morgan fingerprint density at radius 1 is 1.53 bits per heavy atom. The first-order chi connectivity index (χ1) is 8.15. The van der Waals surface area contributed by atoms with Crippen molar-refractivity contribution in [2.75, 3.05) is 6.61 Å². The van der Waals surface area contributed by atoms with Crippen molar-refractivity contribution in [1.82, 2.24) is 4.57 Å². The van der Waals surface area contributed by atoms with E-state index in [2.05, 4.69) is 0 Å². The standard InChI is InChI=1S/C12H14N2O2S/c1-3-16-11(15)8(2)14-9-6-4-5-7-10(9)17-12(14)13/h4-8,13H,3H2,1-2H3/t8-/m0/s1. The van der Waals surface area contributed by atoms with Crippen LogP contribution in [0.4, 0.5) is 0 Å². The molecule has 5 heteroatoms. The van der Waals surface area contributed by atoms with Gasteiger partial charge in [0.15, 0.2) is 4.80 Å². The summed E-state index contributed by atoms with van der Waals surface area (Å²) in [5.74, 6) is -0.297. The number of fused-ring (bicyclic) bond motifs is 1. The third-order valence-corrected chi connectivity index (χ3v) is 3.52. The molecule has 0 spiro atoms. The highest BCUT2D eigenvalue weighted by atomic mass is 32.1. The largest absolute Gasteiger partial charge is 0.464 e. The first-order valence-electron chi connectivity index (χ1n) is 5.46. The van der Waals surface area contributed by atoms with Gasteiger partial charge < -0.3 is 9.30 Å². The van der Waals surface area contributed by atoms with Gasteiger partial charge in [-0.2, -0.15) is 0 Å². The molecule has 2 rings (SSSR count). The number of carbonyl (C=O) groups is 1. The Balaban J connectivity index is 2.51. The van der Waals surface area contributed by atoms with E-state index in [4.69, 9.17) is 10.1 Å². The number of carbonyl (C=O) groups excluding carboxylic acids is 1. The molecule has 1 heterocycles. The molecule has 2 aromatic rings. The summed E-state index contributed by atoms with van der Waals surface area (Å²) in [7, 11) is 0. The zero-order valence-corrected chi connectivity index (χ0v) is 10.6. The molecule has 90 valence electrons. The van der Waals surface area contributed by atoms with Crippen LogP contribution >= 0.6 is 11.3 Å². The summed E-state index contributed by atoms with van der Waals surface area (Å²) in [5.41, 5.74) is 0.906. The van der Waals surface area contributed by atoms with Crippen molar-refractivity contribution in [3.8, 4) is 0 Å². The average molecular weight is 250 g/mol. The van der Waals surface area contributed by atoms with E-state index in [1.807, 2.05) is 24.3 Å². The summed E-state index contributed by atoms with van der Waals surface area (Å²) in [4.78, 5) is 12.1. The van der Waals surface area contributed by atoms with E-state index in [0.29, 0.717) is 11.4 Å². The third kappa shape index (κ3) is 2.10. The SMILES string of the molecule is CCOC(=O)[C@H](C)n1c(=N)sc2ccccc21. The average Bonchev–Trinajstić information content (AvgIpc) is 2.64. The maximum Gasteiger partial charge on any atom is 0.328 e. The lowest BCUT2D eigenvalue weighted by Crippen LogP contribution is -2.25. The van der Waals surface area contributed by atoms with Gasteiger partial charge in [-0.3, -0.25) is 5.41 Å². The number of nitrogens with one attached hydrogen (secondary N) is 1. The lowest BCUT2D eigenvalue weighted by Gasteiger charge is -2.13. The molecule has 0 unspecified atom stereocenters. The molecular weight excluding hydrogens is 236 g/mol. The van der Waals surface area contributed by atoms with E-state index in [1.165, 1.54) is 11.3 Å². The van der Waals surface area contributed by atoms with E-state index in [0.717, 1.165) is 10.2 Å². The van der Waals surface area contributed by atoms with Crippen LogP contribution in [0.5, 0.6) is 0 Å². The quantitative estimate of drug-likeness (QED) is 0.850. The molecule has 17 heavy (non-hydrogen) atoms. The number of thiazole rings is 1. The van der Waals surface area contributed by atoms with Crippen molar-refractivity contribution in [1.29, 1.82) is 5.41 Å². The van der Waals surface area contributed by atoms with Gasteiger partial charge in [-0.15, -0.1) is 0 Å². The molecule has 0 bridgehead atoms. The molecule has 0 aliphatic carbocycles. The van der Waals surface area contributed by atoms with Crippen LogP contribution < -0.4 is 4.80 Å². The summed E-state index contributed by atoms with van der Waals surface area (Å²) >= 11 is 1.36. The highest BCUT2D eigenvalue weighted by Crippen LogP contribution is 2.20. The zero-order chi connectivity index (χ0) is 12.4. The number of rotatable bonds is 3. The highest BCUT2D eigenvalue weighted by Gasteiger charge is 2.19. The fraction of sp³-hybridized carbons (Fsp3) is 0.333. The predicted molar refractivity (Wildman–Crippen MR) is 67.0 cm³/mol. The second-order valence-electron chi connectivity index (χ2n) is 3.67. The second kappa shape index (κ2) is 4.71. The van der Waals surface area contributed by atoms with Crippen LogP contribution in [0.15, 0.2) is 24.3 Å². The summed E-state index contributed by atoms with van der Waals surface area (Å²) in [6.07, 6.45) is 0. The Kier molecular flexibility index (Phi) is 3.28. The van der Waals surface area contributed by atoms with Gasteiger partial charge in [-0.25, -0.2) is 4.79 Å². The lowest BCUT2D eigenvalue weighted by molar-refractivity contribution is -0.146. The first kappa shape index (κ1) is 11.9. The lowest BCUT2D eigenvalue weighted by atomic mass is 10.3. The van der Waals surface area contributed by atoms with Crippen molar-refractivity contribution < 1.29 is 9.53 Å². The minimum absolute atomic E-state index is 0.297.